The molecule has 0 amide bonds. The van der Waals surface area contributed by atoms with Crippen molar-refractivity contribution in [1.29, 1.82) is 5.26 Å². The largest absolute Gasteiger partial charge is 0.494 e. The van der Waals surface area contributed by atoms with Gasteiger partial charge in [0.05, 0.1) is 23.5 Å². The summed E-state index contributed by atoms with van der Waals surface area (Å²) >= 11 is 0. The molecule has 6 heteroatoms. The van der Waals surface area contributed by atoms with E-state index in [1.807, 2.05) is 0 Å². The molecule has 0 radical (unpaired) electrons. The van der Waals surface area contributed by atoms with E-state index in [9.17, 15) is 19.8 Å². The van der Waals surface area contributed by atoms with E-state index in [1.54, 1.807) is 24.3 Å². The van der Waals surface area contributed by atoms with E-state index < -0.39 is 4.92 Å². The highest BCUT2D eigenvalue weighted by Crippen LogP contribution is 2.23. The van der Waals surface area contributed by atoms with E-state index in [0.29, 0.717) is 25.2 Å². The first-order chi connectivity index (χ1) is 11.1. The van der Waals surface area contributed by atoms with Gasteiger partial charge in [-0.15, -0.1) is 0 Å². The molecule has 0 aliphatic carbocycles. The van der Waals surface area contributed by atoms with Crippen molar-refractivity contribution in [2.75, 3.05) is 6.61 Å². The Morgan fingerprint density at radius 2 is 1.83 bits per heavy atom. The first-order valence-corrected chi connectivity index (χ1v) is 7.12. The van der Waals surface area contributed by atoms with Gasteiger partial charge in [-0.2, -0.15) is 5.26 Å². The molecule has 0 heterocycles. The van der Waals surface area contributed by atoms with Gasteiger partial charge in [0.1, 0.15) is 11.6 Å². The van der Waals surface area contributed by atoms with E-state index >= 15 is 0 Å². The standard InChI is InChI=1S/C17H15FN2O3/c18-15-5-9-17(10-6-15)23-11-1-2-14(12-19)13-3-7-16(8-4-13)20(21)22/h3-10,14H,1-2,11H2. The van der Waals surface area contributed by atoms with Crippen LogP contribution in [-0.2, 0) is 0 Å². The second-order valence-corrected chi connectivity index (χ2v) is 4.97. The van der Waals surface area contributed by atoms with Crippen LogP contribution in [0.1, 0.15) is 24.3 Å². The van der Waals surface area contributed by atoms with Crippen molar-refractivity contribution >= 4 is 5.69 Å². The molecule has 1 atom stereocenters. The van der Waals surface area contributed by atoms with Gasteiger partial charge in [-0.1, -0.05) is 12.1 Å². The molecule has 0 aromatic heterocycles. The minimum absolute atomic E-state index is 0.00471. The predicted molar refractivity (Wildman–Crippen MR) is 82.6 cm³/mol. The Kier molecular flexibility index (Phi) is 5.64. The SMILES string of the molecule is N#CC(CCCOc1ccc(F)cc1)c1ccc([N+](=O)[O-])cc1. The Balaban J connectivity index is 1.84. The highest BCUT2D eigenvalue weighted by atomic mass is 19.1. The number of nitro groups is 1. The molecule has 0 spiro atoms. The third kappa shape index (κ3) is 4.78. The summed E-state index contributed by atoms with van der Waals surface area (Å²) < 4.78 is 18.2. The van der Waals surface area contributed by atoms with Crippen LogP contribution in [0.2, 0.25) is 0 Å². The zero-order chi connectivity index (χ0) is 16.7. The predicted octanol–water partition coefficient (Wildman–Crippen LogP) is 4.20. The molecule has 0 aliphatic rings. The average molecular weight is 314 g/mol. The molecule has 0 saturated carbocycles. The number of hydrogen-bond acceptors (Lipinski definition) is 4. The van der Waals surface area contributed by atoms with Crippen LogP contribution < -0.4 is 4.74 Å². The fourth-order valence-corrected chi connectivity index (χ4v) is 2.14. The van der Waals surface area contributed by atoms with Gasteiger partial charge >= 0.3 is 0 Å². The average Bonchev–Trinajstić information content (AvgIpc) is 2.57. The molecular formula is C17H15FN2O3. The molecule has 118 valence electrons. The number of rotatable bonds is 7. The van der Waals surface area contributed by atoms with Crippen molar-refractivity contribution in [2.24, 2.45) is 0 Å². The van der Waals surface area contributed by atoms with Crippen molar-refractivity contribution in [3.63, 3.8) is 0 Å². The van der Waals surface area contributed by atoms with Gasteiger partial charge in [0.25, 0.3) is 5.69 Å². The van der Waals surface area contributed by atoms with Gasteiger partial charge in [0.2, 0.25) is 0 Å². The number of nitrogens with zero attached hydrogens (tertiary/aromatic N) is 2. The number of benzene rings is 2. The third-order valence-corrected chi connectivity index (χ3v) is 3.38. The van der Waals surface area contributed by atoms with Crippen LogP contribution in [0.25, 0.3) is 0 Å². The van der Waals surface area contributed by atoms with Crippen LogP contribution in [0.15, 0.2) is 48.5 Å². The lowest BCUT2D eigenvalue weighted by atomic mass is 9.96. The van der Waals surface area contributed by atoms with Crippen LogP contribution >= 0.6 is 0 Å². The summed E-state index contributed by atoms with van der Waals surface area (Å²) in [6.07, 6.45) is 1.22. The quantitative estimate of drug-likeness (QED) is 0.436. The topological polar surface area (TPSA) is 76.2 Å². The molecule has 0 N–H and O–H groups in total. The Bertz CT molecular complexity index is 693. The lowest BCUT2D eigenvalue weighted by molar-refractivity contribution is -0.384. The molecule has 0 aliphatic heterocycles. The summed E-state index contributed by atoms with van der Waals surface area (Å²) in [6, 6.07) is 13.9. The number of ether oxygens (including phenoxy) is 1. The number of nitro benzene ring substituents is 1. The monoisotopic (exact) mass is 314 g/mol. The zero-order valence-corrected chi connectivity index (χ0v) is 12.3. The fourth-order valence-electron chi connectivity index (χ4n) is 2.14. The van der Waals surface area contributed by atoms with Crippen LogP contribution in [0.5, 0.6) is 5.75 Å². The Labute approximate surface area is 133 Å². The lowest BCUT2D eigenvalue weighted by Crippen LogP contribution is -2.02. The normalized spacial score (nSPS) is 11.5. The van der Waals surface area contributed by atoms with Gasteiger partial charge in [-0.05, 0) is 42.7 Å². The number of hydrogen-bond donors (Lipinski definition) is 0. The second kappa shape index (κ2) is 7.90. The van der Waals surface area contributed by atoms with Crippen molar-refractivity contribution in [1.82, 2.24) is 0 Å². The molecule has 0 fully saturated rings. The van der Waals surface area contributed by atoms with Crippen LogP contribution in [0.4, 0.5) is 10.1 Å². The minimum atomic E-state index is -0.471. The fraction of sp³-hybridized carbons (Fsp3) is 0.235. The highest BCUT2D eigenvalue weighted by molar-refractivity contribution is 5.36. The zero-order valence-electron chi connectivity index (χ0n) is 12.3. The molecule has 23 heavy (non-hydrogen) atoms. The maximum atomic E-state index is 12.8. The van der Waals surface area contributed by atoms with Gasteiger partial charge in [-0.3, -0.25) is 10.1 Å². The third-order valence-electron chi connectivity index (χ3n) is 3.38. The number of halogens is 1. The number of nitriles is 1. The second-order valence-electron chi connectivity index (χ2n) is 4.97. The van der Waals surface area contributed by atoms with E-state index in [-0.39, 0.29) is 17.4 Å². The van der Waals surface area contributed by atoms with Gasteiger partial charge in [0, 0.05) is 12.1 Å². The molecule has 0 bridgehead atoms. The maximum absolute atomic E-state index is 12.8. The smallest absolute Gasteiger partial charge is 0.269 e. The summed E-state index contributed by atoms with van der Waals surface area (Å²) in [6.45, 7) is 0.413. The summed E-state index contributed by atoms with van der Waals surface area (Å²) in [5, 5.41) is 19.9. The van der Waals surface area contributed by atoms with E-state index in [4.69, 9.17) is 4.74 Å². The van der Waals surface area contributed by atoms with Gasteiger partial charge < -0.3 is 4.74 Å². The summed E-state index contributed by atoms with van der Waals surface area (Å²) in [4.78, 5) is 10.1. The molecule has 5 nitrogen and oxygen atoms in total. The van der Waals surface area contributed by atoms with Crippen LogP contribution in [0.3, 0.4) is 0 Å². The van der Waals surface area contributed by atoms with Gasteiger partial charge in [0.15, 0.2) is 0 Å². The first kappa shape index (κ1) is 16.4. The Morgan fingerprint density at radius 3 is 2.39 bits per heavy atom. The first-order valence-electron chi connectivity index (χ1n) is 7.12. The van der Waals surface area contributed by atoms with Crippen LogP contribution in [0, 0.1) is 27.3 Å². The summed E-state index contributed by atoms with van der Waals surface area (Å²) in [5.41, 5.74) is 0.755. The van der Waals surface area contributed by atoms with E-state index in [1.165, 1.54) is 24.3 Å². The van der Waals surface area contributed by atoms with E-state index in [0.717, 1.165) is 5.56 Å². The molecule has 2 rings (SSSR count). The molecule has 2 aromatic rings. The Morgan fingerprint density at radius 1 is 1.17 bits per heavy atom. The van der Waals surface area contributed by atoms with Gasteiger partial charge in [-0.25, -0.2) is 4.39 Å². The molecule has 2 aromatic carbocycles. The maximum Gasteiger partial charge on any atom is 0.269 e. The van der Waals surface area contributed by atoms with Crippen molar-refractivity contribution in [3.05, 3.63) is 70.0 Å². The molecular weight excluding hydrogens is 299 g/mol. The summed E-state index contributed by atoms with van der Waals surface area (Å²) in [7, 11) is 0. The van der Waals surface area contributed by atoms with Crippen LogP contribution in [-0.4, -0.2) is 11.5 Å². The van der Waals surface area contributed by atoms with E-state index in [2.05, 4.69) is 6.07 Å². The summed E-state index contributed by atoms with van der Waals surface area (Å²) in [5.74, 6) is -0.0806. The lowest BCUT2D eigenvalue weighted by Gasteiger charge is -2.10. The molecule has 0 saturated heterocycles. The van der Waals surface area contributed by atoms with Crippen molar-refractivity contribution in [3.8, 4) is 11.8 Å². The number of non-ortho nitro benzene ring substituents is 1. The minimum Gasteiger partial charge on any atom is -0.494 e. The highest BCUT2D eigenvalue weighted by Gasteiger charge is 2.12. The van der Waals surface area contributed by atoms with Crippen molar-refractivity contribution < 1.29 is 14.1 Å². The Hall–Kier alpha value is -2.94. The van der Waals surface area contributed by atoms with Crippen molar-refractivity contribution in [2.45, 2.75) is 18.8 Å². The molecule has 1 unspecified atom stereocenters.